The van der Waals surface area contributed by atoms with Crippen molar-refractivity contribution in [1.82, 2.24) is 4.72 Å². The van der Waals surface area contributed by atoms with Crippen molar-refractivity contribution in [3.8, 4) is 0 Å². The first-order valence-electron chi connectivity index (χ1n) is 7.30. The molecule has 0 aliphatic carbocycles. The summed E-state index contributed by atoms with van der Waals surface area (Å²) in [6, 6.07) is 9.30. The molecule has 9 nitrogen and oxygen atoms in total. The standard InChI is InChI=1S/C16H15N3O6S/c1-10-14(4-3-5-15(10)19(22)23)16(21)17-12-6-8-13(9-7-12)26(24,25)18-11(2)20/h3-9H,1-2H3,(H,17,21)(H,18,20). The van der Waals surface area contributed by atoms with Crippen LogP contribution in [0, 0.1) is 17.0 Å². The Hall–Kier alpha value is -3.27. The largest absolute Gasteiger partial charge is 0.322 e. The molecule has 0 aliphatic heterocycles. The van der Waals surface area contributed by atoms with E-state index in [0.29, 0.717) is 5.69 Å². The van der Waals surface area contributed by atoms with Gasteiger partial charge in [-0.15, -0.1) is 0 Å². The van der Waals surface area contributed by atoms with Crippen LogP contribution in [0.5, 0.6) is 0 Å². The molecule has 0 heterocycles. The van der Waals surface area contributed by atoms with Gasteiger partial charge in [-0.3, -0.25) is 19.7 Å². The number of nitrogens with one attached hydrogen (secondary N) is 2. The minimum atomic E-state index is -3.97. The van der Waals surface area contributed by atoms with Crippen LogP contribution in [0.15, 0.2) is 47.4 Å². The smallest absolute Gasteiger partial charge is 0.273 e. The predicted octanol–water partition coefficient (Wildman–Crippen LogP) is 1.98. The van der Waals surface area contributed by atoms with E-state index < -0.39 is 26.8 Å². The SMILES string of the molecule is CC(=O)NS(=O)(=O)c1ccc(NC(=O)c2cccc([N+](=O)[O-])c2C)cc1. The van der Waals surface area contributed by atoms with Crippen molar-refractivity contribution in [2.75, 3.05) is 5.32 Å². The Morgan fingerprint density at radius 3 is 2.23 bits per heavy atom. The zero-order valence-electron chi connectivity index (χ0n) is 13.8. The number of nitro benzene ring substituents is 1. The Morgan fingerprint density at radius 1 is 1.08 bits per heavy atom. The Kier molecular flexibility index (Phi) is 5.36. The molecule has 2 aromatic rings. The topological polar surface area (TPSA) is 135 Å². The number of amides is 2. The fourth-order valence-corrected chi connectivity index (χ4v) is 3.22. The monoisotopic (exact) mass is 377 g/mol. The molecule has 2 rings (SSSR count). The number of nitrogens with zero attached hydrogens (tertiary/aromatic N) is 1. The van der Waals surface area contributed by atoms with Crippen LogP contribution in [0.4, 0.5) is 11.4 Å². The van der Waals surface area contributed by atoms with Crippen molar-refractivity contribution in [2.45, 2.75) is 18.7 Å². The van der Waals surface area contributed by atoms with Gasteiger partial charge in [0.1, 0.15) is 0 Å². The van der Waals surface area contributed by atoms with Gasteiger partial charge < -0.3 is 5.32 Å². The van der Waals surface area contributed by atoms with Gasteiger partial charge in [0.25, 0.3) is 21.6 Å². The van der Waals surface area contributed by atoms with E-state index in [0.717, 1.165) is 6.92 Å². The van der Waals surface area contributed by atoms with Crippen LogP contribution in [-0.4, -0.2) is 25.2 Å². The van der Waals surface area contributed by atoms with E-state index in [9.17, 15) is 28.1 Å². The molecule has 2 aromatic carbocycles. The third-order valence-corrected chi connectivity index (χ3v) is 4.90. The maximum absolute atomic E-state index is 12.3. The van der Waals surface area contributed by atoms with E-state index in [-0.39, 0.29) is 21.7 Å². The highest BCUT2D eigenvalue weighted by Gasteiger charge is 2.19. The molecule has 0 saturated heterocycles. The van der Waals surface area contributed by atoms with Crippen LogP contribution >= 0.6 is 0 Å². The summed E-state index contributed by atoms with van der Waals surface area (Å²) in [4.78, 5) is 33.5. The van der Waals surface area contributed by atoms with Gasteiger partial charge in [0.15, 0.2) is 0 Å². The highest BCUT2D eigenvalue weighted by Crippen LogP contribution is 2.22. The maximum atomic E-state index is 12.3. The lowest BCUT2D eigenvalue weighted by Crippen LogP contribution is -2.28. The van der Waals surface area contributed by atoms with Crippen molar-refractivity contribution < 1.29 is 22.9 Å². The third kappa shape index (κ3) is 4.22. The zero-order chi connectivity index (χ0) is 19.5. The molecule has 0 saturated carbocycles. The third-order valence-electron chi connectivity index (χ3n) is 3.45. The Bertz CT molecular complexity index is 984. The number of sulfonamides is 1. The molecule has 2 N–H and O–H groups in total. The van der Waals surface area contributed by atoms with Crippen molar-refractivity contribution in [2.24, 2.45) is 0 Å². The lowest BCUT2D eigenvalue weighted by atomic mass is 10.1. The molecule has 136 valence electrons. The van der Waals surface area contributed by atoms with Crippen molar-refractivity contribution in [3.05, 3.63) is 63.7 Å². The fraction of sp³-hybridized carbons (Fsp3) is 0.125. The van der Waals surface area contributed by atoms with Crippen LogP contribution < -0.4 is 10.0 Å². The molecule has 0 bridgehead atoms. The van der Waals surface area contributed by atoms with Gasteiger partial charge in [-0.2, -0.15) is 0 Å². The Labute approximate surface area is 149 Å². The summed E-state index contributed by atoms with van der Waals surface area (Å²) in [6.07, 6.45) is 0. The number of nitro groups is 1. The molecule has 0 atom stereocenters. The van der Waals surface area contributed by atoms with Gasteiger partial charge in [-0.05, 0) is 37.3 Å². The van der Waals surface area contributed by atoms with Gasteiger partial charge in [0.05, 0.1) is 9.82 Å². The van der Waals surface area contributed by atoms with Crippen molar-refractivity contribution >= 4 is 33.2 Å². The lowest BCUT2D eigenvalue weighted by Gasteiger charge is -2.09. The number of carbonyl (C=O) groups excluding carboxylic acids is 2. The molecule has 26 heavy (non-hydrogen) atoms. The summed E-state index contributed by atoms with van der Waals surface area (Å²) in [5.41, 5.74) is 0.478. The molecule has 0 aromatic heterocycles. The lowest BCUT2D eigenvalue weighted by molar-refractivity contribution is -0.385. The highest BCUT2D eigenvalue weighted by atomic mass is 32.2. The highest BCUT2D eigenvalue weighted by molar-refractivity contribution is 7.90. The fourth-order valence-electron chi connectivity index (χ4n) is 2.23. The van der Waals surface area contributed by atoms with Crippen molar-refractivity contribution in [3.63, 3.8) is 0 Å². The second-order valence-electron chi connectivity index (χ2n) is 5.35. The maximum Gasteiger partial charge on any atom is 0.273 e. The molecule has 0 aliphatic rings. The van der Waals surface area contributed by atoms with E-state index in [1.54, 1.807) is 0 Å². The Morgan fingerprint density at radius 2 is 1.69 bits per heavy atom. The van der Waals surface area contributed by atoms with E-state index in [1.807, 2.05) is 4.72 Å². The molecule has 0 radical (unpaired) electrons. The van der Waals surface area contributed by atoms with Gasteiger partial charge in [-0.25, -0.2) is 13.1 Å². The average molecular weight is 377 g/mol. The van der Waals surface area contributed by atoms with E-state index in [4.69, 9.17) is 0 Å². The van der Waals surface area contributed by atoms with Crippen LogP contribution in [0.3, 0.4) is 0 Å². The summed E-state index contributed by atoms with van der Waals surface area (Å²) in [7, 11) is -3.97. The first kappa shape index (κ1) is 19.1. The molecule has 0 spiro atoms. The summed E-state index contributed by atoms with van der Waals surface area (Å²) >= 11 is 0. The molecular formula is C16H15N3O6S. The van der Waals surface area contributed by atoms with Crippen LogP contribution in [0.25, 0.3) is 0 Å². The minimum absolute atomic E-state index is 0.133. The van der Waals surface area contributed by atoms with Crippen LogP contribution in [0.2, 0.25) is 0 Å². The number of benzene rings is 2. The molecule has 0 unspecified atom stereocenters. The molecule has 2 amide bonds. The van der Waals surface area contributed by atoms with Gasteiger partial charge in [-0.1, -0.05) is 6.07 Å². The zero-order valence-corrected chi connectivity index (χ0v) is 14.7. The second kappa shape index (κ2) is 7.31. The van der Waals surface area contributed by atoms with Gasteiger partial charge >= 0.3 is 0 Å². The summed E-state index contributed by atoms with van der Waals surface area (Å²) in [5, 5.41) is 13.5. The predicted molar refractivity (Wildman–Crippen MR) is 93.2 cm³/mol. The minimum Gasteiger partial charge on any atom is -0.322 e. The van der Waals surface area contributed by atoms with Crippen LogP contribution in [0.1, 0.15) is 22.8 Å². The number of hydrogen-bond donors (Lipinski definition) is 2. The number of carbonyl (C=O) groups is 2. The quantitative estimate of drug-likeness (QED) is 0.604. The summed E-state index contributed by atoms with van der Waals surface area (Å²) < 4.78 is 25.5. The normalized spacial score (nSPS) is 10.8. The summed E-state index contributed by atoms with van der Waals surface area (Å²) in [5.74, 6) is -1.29. The number of rotatable bonds is 5. The first-order valence-corrected chi connectivity index (χ1v) is 8.79. The van der Waals surface area contributed by atoms with E-state index in [1.165, 1.54) is 49.4 Å². The van der Waals surface area contributed by atoms with Gasteiger partial charge in [0, 0.05) is 29.8 Å². The van der Waals surface area contributed by atoms with E-state index in [2.05, 4.69) is 5.32 Å². The second-order valence-corrected chi connectivity index (χ2v) is 7.03. The number of hydrogen-bond acceptors (Lipinski definition) is 6. The first-order chi connectivity index (χ1) is 12.1. The molecular weight excluding hydrogens is 362 g/mol. The average Bonchev–Trinajstić information content (AvgIpc) is 2.54. The van der Waals surface area contributed by atoms with Gasteiger partial charge in [0.2, 0.25) is 5.91 Å². The molecule has 0 fully saturated rings. The van der Waals surface area contributed by atoms with Crippen molar-refractivity contribution in [1.29, 1.82) is 0 Å². The summed E-state index contributed by atoms with van der Waals surface area (Å²) in [6.45, 7) is 2.55. The van der Waals surface area contributed by atoms with E-state index >= 15 is 0 Å². The van der Waals surface area contributed by atoms with Crippen LogP contribution in [-0.2, 0) is 14.8 Å². The number of anilines is 1. The Balaban J connectivity index is 2.22. The molecule has 10 heteroatoms.